The van der Waals surface area contributed by atoms with Gasteiger partial charge in [0.05, 0.1) is 19.2 Å². The number of hydrogen-bond acceptors (Lipinski definition) is 4. The zero-order valence-electron chi connectivity index (χ0n) is 16.3. The fourth-order valence-corrected chi connectivity index (χ4v) is 3.83. The predicted molar refractivity (Wildman–Crippen MR) is 108 cm³/mol. The Kier molecular flexibility index (Phi) is 6.14. The Hall–Kier alpha value is -2.37. The summed E-state index contributed by atoms with van der Waals surface area (Å²) in [5.41, 5.74) is 8.59. The number of methoxy groups -OCH3 is 1. The van der Waals surface area contributed by atoms with E-state index < -0.39 is 0 Å². The molecule has 5 heteroatoms. The normalized spacial score (nSPS) is 22.2. The van der Waals surface area contributed by atoms with Crippen molar-refractivity contribution in [2.75, 3.05) is 20.2 Å². The number of hydrogen-bond donors (Lipinski definition) is 2. The van der Waals surface area contributed by atoms with Crippen LogP contribution in [0.15, 0.2) is 54.6 Å². The van der Waals surface area contributed by atoms with Gasteiger partial charge in [0.15, 0.2) is 0 Å². The number of carbonyl (C=O) groups excluding carboxylic acids is 1. The van der Waals surface area contributed by atoms with Gasteiger partial charge in [0.1, 0.15) is 5.75 Å². The van der Waals surface area contributed by atoms with Gasteiger partial charge >= 0.3 is 0 Å². The van der Waals surface area contributed by atoms with Gasteiger partial charge in [0.2, 0.25) is 5.91 Å². The Bertz CT molecular complexity index is 765. The topological polar surface area (TPSA) is 67.6 Å². The third kappa shape index (κ3) is 4.31. The summed E-state index contributed by atoms with van der Waals surface area (Å²) >= 11 is 0. The van der Waals surface area contributed by atoms with Crippen molar-refractivity contribution < 1.29 is 9.53 Å². The van der Waals surface area contributed by atoms with Crippen LogP contribution in [0.1, 0.15) is 36.9 Å². The van der Waals surface area contributed by atoms with Crippen LogP contribution in [-0.4, -0.2) is 43.1 Å². The highest BCUT2D eigenvalue weighted by atomic mass is 16.5. The van der Waals surface area contributed by atoms with E-state index in [0.717, 1.165) is 24.4 Å². The second-order valence-corrected chi connectivity index (χ2v) is 7.28. The minimum absolute atomic E-state index is 0.00863. The zero-order valence-corrected chi connectivity index (χ0v) is 16.3. The molecule has 4 atom stereocenters. The first-order valence-corrected chi connectivity index (χ1v) is 9.49. The van der Waals surface area contributed by atoms with Crippen LogP contribution in [-0.2, 0) is 4.79 Å². The SMILES string of the molecule is COc1ccccc1C(C)NC(=O)C(C)N1C[C@@H](N)[C@H](c2ccccc2)C1. The van der Waals surface area contributed by atoms with Crippen LogP contribution in [0, 0.1) is 0 Å². The van der Waals surface area contributed by atoms with Crippen LogP contribution in [0.4, 0.5) is 0 Å². The van der Waals surface area contributed by atoms with Gasteiger partial charge in [-0.1, -0.05) is 48.5 Å². The Morgan fingerprint density at radius 2 is 1.78 bits per heavy atom. The van der Waals surface area contributed by atoms with Gasteiger partial charge in [-0.15, -0.1) is 0 Å². The molecule has 2 aromatic rings. The van der Waals surface area contributed by atoms with Crippen molar-refractivity contribution in [3.8, 4) is 5.75 Å². The molecule has 2 aromatic carbocycles. The molecule has 144 valence electrons. The van der Waals surface area contributed by atoms with Gasteiger partial charge in [-0.2, -0.15) is 0 Å². The largest absolute Gasteiger partial charge is 0.496 e. The highest BCUT2D eigenvalue weighted by Gasteiger charge is 2.36. The third-order valence-electron chi connectivity index (χ3n) is 5.51. The molecular weight excluding hydrogens is 338 g/mol. The van der Waals surface area contributed by atoms with Crippen molar-refractivity contribution in [3.05, 3.63) is 65.7 Å². The molecule has 0 radical (unpaired) electrons. The summed E-state index contributed by atoms with van der Waals surface area (Å²) in [4.78, 5) is 15.0. The molecule has 3 N–H and O–H groups in total. The van der Waals surface area contributed by atoms with Crippen LogP contribution in [0.3, 0.4) is 0 Å². The Balaban J connectivity index is 1.64. The quantitative estimate of drug-likeness (QED) is 0.824. The average molecular weight is 367 g/mol. The van der Waals surface area contributed by atoms with Crippen molar-refractivity contribution in [2.45, 2.75) is 37.9 Å². The molecule has 0 aromatic heterocycles. The standard InChI is InChI=1S/C22H29N3O2/c1-15(18-11-7-8-12-21(18)27-3)24-22(26)16(2)25-13-19(20(23)14-25)17-9-5-4-6-10-17/h4-12,15-16,19-20H,13-14,23H2,1-3H3,(H,24,26)/t15?,16?,19-,20+/m0/s1. The summed E-state index contributed by atoms with van der Waals surface area (Å²) in [6.07, 6.45) is 0. The van der Waals surface area contributed by atoms with Crippen LogP contribution < -0.4 is 15.8 Å². The number of likely N-dealkylation sites (tertiary alicyclic amines) is 1. The lowest BCUT2D eigenvalue weighted by Crippen LogP contribution is -2.45. The lowest BCUT2D eigenvalue weighted by Gasteiger charge is -2.26. The van der Waals surface area contributed by atoms with Gasteiger partial charge in [-0.05, 0) is 25.5 Å². The summed E-state index contributed by atoms with van der Waals surface area (Å²) < 4.78 is 5.41. The molecule has 0 bridgehead atoms. The molecule has 5 nitrogen and oxygen atoms in total. The molecule has 1 aliphatic rings. The molecule has 1 aliphatic heterocycles. The smallest absolute Gasteiger partial charge is 0.237 e. The minimum atomic E-state index is -0.234. The molecule has 1 fully saturated rings. The molecule has 2 unspecified atom stereocenters. The van der Waals surface area contributed by atoms with Crippen LogP contribution in [0.2, 0.25) is 0 Å². The molecule has 0 spiro atoms. The van der Waals surface area contributed by atoms with Gasteiger partial charge in [0.25, 0.3) is 0 Å². The minimum Gasteiger partial charge on any atom is -0.496 e. The number of benzene rings is 2. The molecule has 0 aliphatic carbocycles. The van der Waals surface area contributed by atoms with E-state index in [0.29, 0.717) is 0 Å². The number of carbonyl (C=O) groups is 1. The van der Waals surface area contributed by atoms with E-state index in [1.807, 2.05) is 56.3 Å². The third-order valence-corrected chi connectivity index (χ3v) is 5.51. The van der Waals surface area contributed by atoms with Crippen LogP contribution in [0.25, 0.3) is 0 Å². The average Bonchev–Trinajstić information content (AvgIpc) is 3.09. The van der Waals surface area contributed by atoms with E-state index in [-0.39, 0.29) is 30.0 Å². The Morgan fingerprint density at radius 1 is 1.11 bits per heavy atom. The lowest BCUT2D eigenvalue weighted by molar-refractivity contribution is -0.126. The van der Waals surface area contributed by atoms with Crippen molar-refractivity contribution in [1.29, 1.82) is 0 Å². The van der Waals surface area contributed by atoms with E-state index in [1.54, 1.807) is 7.11 Å². The number of nitrogens with two attached hydrogens (primary N) is 1. The van der Waals surface area contributed by atoms with Gasteiger partial charge in [0, 0.05) is 30.6 Å². The highest BCUT2D eigenvalue weighted by Crippen LogP contribution is 2.28. The van der Waals surface area contributed by atoms with E-state index in [1.165, 1.54) is 5.56 Å². The Morgan fingerprint density at radius 3 is 2.48 bits per heavy atom. The van der Waals surface area contributed by atoms with Crippen molar-refractivity contribution in [1.82, 2.24) is 10.2 Å². The first-order valence-electron chi connectivity index (χ1n) is 9.49. The van der Waals surface area contributed by atoms with Gasteiger partial charge in [-0.3, -0.25) is 9.69 Å². The first-order chi connectivity index (χ1) is 13.0. The molecule has 1 heterocycles. The number of rotatable bonds is 6. The fraction of sp³-hybridized carbons (Fsp3) is 0.409. The molecule has 0 saturated carbocycles. The number of nitrogens with one attached hydrogen (secondary N) is 1. The maximum Gasteiger partial charge on any atom is 0.237 e. The van der Waals surface area contributed by atoms with E-state index in [4.69, 9.17) is 10.5 Å². The number of para-hydroxylation sites is 1. The summed E-state index contributed by atoms with van der Waals surface area (Å²) in [6, 6.07) is 17.8. The monoisotopic (exact) mass is 367 g/mol. The number of amides is 1. The summed E-state index contributed by atoms with van der Waals surface area (Å²) in [5, 5.41) is 3.12. The van der Waals surface area contributed by atoms with E-state index in [2.05, 4.69) is 22.3 Å². The maximum atomic E-state index is 12.8. The summed E-state index contributed by atoms with van der Waals surface area (Å²) in [6.45, 7) is 5.44. The molecule has 1 saturated heterocycles. The van der Waals surface area contributed by atoms with Gasteiger partial charge < -0.3 is 15.8 Å². The molecule has 1 amide bonds. The maximum absolute atomic E-state index is 12.8. The number of nitrogens with zero attached hydrogens (tertiary/aromatic N) is 1. The summed E-state index contributed by atoms with van der Waals surface area (Å²) in [7, 11) is 1.64. The Labute approximate surface area is 161 Å². The van der Waals surface area contributed by atoms with Crippen molar-refractivity contribution >= 4 is 5.91 Å². The molecule has 27 heavy (non-hydrogen) atoms. The van der Waals surface area contributed by atoms with Crippen molar-refractivity contribution in [3.63, 3.8) is 0 Å². The van der Waals surface area contributed by atoms with E-state index >= 15 is 0 Å². The van der Waals surface area contributed by atoms with Gasteiger partial charge in [-0.25, -0.2) is 0 Å². The first kappa shape index (κ1) is 19.4. The van der Waals surface area contributed by atoms with Crippen molar-refractivity contribution in [2.24, 2.45) is 5.73 Å². The summed E-state index contributed by atoms with van der Waals surface area (Å²) in [5.74, 6) is 1.05. The lowest BCUT2D eigenvalue weighted by atomic mass is 9.95. The van der Waals surface area contributed by atoms with Crippen LogP contribution >= 0.6 is 0 Å². The fourth-order valence-electron chi connectivity index (χ4n) is 3.83. The predicted octanol–water partition coefficient (Wildman–Crippen LogP) is 2.69. The highest BCUT2D eigenvalue weighted by molar-refractivity contribution is 5.82. The number of ether oxygens (including phenoxy) is 1. The van der Waals surface area contributed by atoms with Crippen LogP contribution in [0.5, 0.6) is 5.75 Å². The second kappa shape index (κ2) is 8.55. The zero-order chi connectivity index (χ0) is 19.4. The molecular formula is C22H29N3O2. The molecule has 3 rings (SSSR count). The second-order valence-electron chi connectivity index (χ2n) is 7.28. The van der Waals surface area contributed by atoms with E-state index in [9.17, 15) is 4.79 Å².